The van der Waals surface area contributed by atoms with Crippen LogP contribution in [0.4, 0.5) is 5.69 Å². The van der Waals surface area contributed by atoms with Gasteiger partial charge in [0.25, 0.3) is 5.69 Å². The molecule has 0 aliphatic carbocycles. The monoisotopic (exact) mass is 197 g/mol. The van der Waals surface area contributed by atoms with Crippen LogP contribution in [0, 0.1) is 10.1 Å². The van der Waals surface area contributed by atoms with Crippen LogP contribution in [-0.2, 0) is 0 Å². The van der Waals surface area contributed by atoms with Crippen LogP contribution in [-0.4, -0.2) is 10.7 Å². The number of hydrogen-bond acceptors (Lipinski definition) is 3. The van der Waals surface area contributed by atoms with Crippen molar-refractivity contribution in [2.75, 3.05) is 5.75 Å². The van der Waals surface area contributed by atoms with E-state index in [0.717, 1.165) is 5.56 Å². The van der Waals surface area contributed by atoms with Crippen molar-refractivity contribution < 1.29 is 4.92 Å². The van der Waals surface area contributed by atoms with Crippen LogP contribution in [0.3, 0.4) is 0 Å². The smallest absolute Gasteiger partial charge is 0.258 e. The predicted octanol–water partition coefficient (Wildman–Crippen LogP) is 2.63. The highest BCUT2D eigenvalue weighted by Gasteiger charge is 2.16. The SMILES string of the molecule is CC(CS)c1ccccc1[N+](=O)[O-]. The average Bonchev–Trinajstić information content (AvgIpc) is 2.16. The molecule has 0 heterocycles. The van der Waals surface area contributed by atoms with Gasteiger partial charge in [0.1, 0.15) is 0 Å². The summed E-state index contributed by atoms with van der Waals surface area (Å²) in [5.74, 6) is 0.732. The molecule has 1 atom stereocenters. The lowest BCUT2D eigenvalue weighted by Gasteiger charge is -2.07. The molecule has 0 saturated carbocycles. The Morgan fingerprint density at radius 1 is 1.54 bits per heavy atom. The van der Waals surface area contributed by atoms with Crippen molar-refractivity contribution in [2.45, 2.75) is 12.8 Å². The van der Waals surface area contributed by atoms with Crippen molar-refractivity contribution in [1.82, 2.24) is 0 Å². The van der Waals surface area contributed by atoms with Gasteiger partial charge < -0.3 is 0 Å². The fourth-order valence-corrected chi connectivity index (χ4v) is 1.37. The fraction of sp³-hybridized carbons (Fsp3) is 0.333. The molecule has 1 rings (SSSR count). The first-order chi connectivity index (χ1) is 6.16. The van der Waals surface area contributed by atoms with Crippen LogP contribution in [0.2, 0.25) is 0 Å². The maximum atomic E-state index is 10.6. The Bertz CT molecular complexity index is 314. The summed E-state index contributed by atoms with van der Waals surface area (Å²) >= 11 is 4.12. The summed E-state index contributed by atoms with van der Waals surface area (Å²) in [4.78, 5) is 10.3. The number of nitro benzene ring substituents is 1. The second-order valence-electron chi connectivity index (χ2n) is 2.90. The minimum Gasteiger partial charge on any atom is -0.258 e. The lowest BCUT2D eigenvalue weighted by atomic mass is 10.0. The highest BCUT2D eigenvalue weighted by molar-refractivity contribution is 7.80. The molecule has 0 spiro atoms. The van der Waals surface area contributed by atoms with Gasteiger partial charge in [-0.05, 0) is 11.7 Å². The first-order valence-electron chi connectivity index (χ1n) is 4.01. The summed E-state index contributed by atoms with van der Waals surface area (Å²) in [5, 5.41) is 10.6. The van der Waals surface area contributed by atoms with Gasteiger partial charge in [-0.2, -0.15) is 12.6 Å². The first kappa shape index (κ1) is 10.1. The molecule has 0 bridgehead atoms. The Labute approximate surface area is 82.3 Å². The number of para-hydroxylation sites is 1. The predicted molar refractivity (Wildman–Crippen MR) is 55.4 cm³/mol. The average molecular weight is 197 g/mol. The van der Waals surface area contributed by atoms with E-state index in [1.165, 1.54) is 6.07 Å². The number of nitro groups is 1. The lowest BCUT2D eigenvalue weighted by molar-refractivity contribution is -0.385. The van der Waals surface area contributed by atoms with Crippen LogP contribution in [0.5, 0.6) is 0 Å². The third-order valence-electron chi connectivity index (χ3n) is 1.94. The molecule has 3 nitrogen and oxygen atoms in total. The number of thiol groups is 1. The van der Waals surface area contributed by atoms with Gasteiger partial charge in [0, 0.05) is 11.6 Å². The molecule has 0 fully saturated rings. The molecule has 0 amide bonds. The van der Waals surface area contributed by atoms with Crippen LogP contribution >= 0.6 is 12.6 Å². The number of benzene rings is 1. The summed E-state index contributed by atoms with van der Waals surface area (Å²) in [6, 6.07) is 6.78. The van der Waals surface area contributed by atoms with E-state index < -0.39 is 0 Å². The molecular formula is C9H11NO2S. The third kappa shape index (κ3) is 2.21. The van der Waals surface area contributed by atoms with E-state index in [1.54, 1.807) is 12.1 Å². The van der Waals surface area contributed by atoms with Gasteiger partial charge in [0.15, 0.2) is 0 Å². The summed E-state index contributed by atoms with van der Waals surface area (Å²) in [6.45, 7) is 1.93. The summed E-state index contributed by atoms with van der Waals surface area (Å²) in [7, 11) is 0. The third-order valence-corrected chi connectivity index (χ3v) is 2.49. The number of rotatable bonds is 3. The second-order valence-corrected chi connectivity index (χ2v) is 3.26. The Morgan fingerprint density at radius 3 is 2.69 bits per heavy atom. The van der Waals surface area contributed by atoms with Gasteiger partial charge in [-0.1, -0.05) is 25.1 Å². The van der Waals surface area contributed by atoms with E-state index in [2.05, 4.69) is 12.6 Å². The molecule has 1 unspecified atom stereocenters. The Hall–Kier alpha value is -1.03. The summed E-state index contributed by atoms with van der Waals surface area (Å²) < 4.78 is 0. The maximum Gasteiger partial charge on any atom is 0.272 e. The zero-order valence-corrected chi connectivity index (χ0v) is 8.20. The zero-order valence-electron chi connectivity index (χ0n) is 7.30. The van der Waals surface area contributed by atoms with Gasteiger partial charge >= 0.3 is 0 Å². The van der Waals surface area contributed by atoms with Crippen molar-refractivity contribution in [3.63, 3.8) is 0 Å². The van der Waals surface area contributed by atoms with E-state index in [1.807, 2.05) is 13.0 Å². The Balaban J connectivity index is 3.11. The standard InChI is InChI=1S/C9H11NO2S/c1-7(6-13)8-4-2-3-5-9(8)10(11)12/h2-5,7,13H,6H2,1H3. The number of hydrogen-bond donors (Lipinski definition) is 1. The molecule has 4 heteroatoms. The van der Waals surface area contributed by atoms with Crippen LogP contribution < -0.4 is 0 Å². The molecule has 13 heavy (non-hydrogen) atoms. The molecular weight excluding hydrogens is 186 g/mol. The van der Waals surface area contributed by atoms with E-state index in [-0.39, 0.29) is 16.5 Å². The highest BCUT2D eigenvalue weighted by atomic mass is 32.1. The highest BCUT2D eigenvalue weighted by Crippen LogP contribution is 2.26. The quantitative estimate of drug-likeness (QED) is 0.460. The minimum absolute atomic E-state index is 0.116. The van der Waals surface area contributed by atoms with Crippen LogP contribution in [0.1, 0.15) is 18.4 Å². The van der Waals surface area contributed by atoms with E-state index in [4.69, 9.17) is 0 Å². The normalized spacial score (nSPS) is 12.5. The molecule has 0 N–H and O–H groups in total. The molecule has 0 radical (unpaired) electrons. The van der Waals surface area contributed by atoms with Gasteiger partial charge in [-0.25, -0.2) is 0 Å². The summed E-state index contributed by atoms with van der Waals surface area (Å²) in [6.07, 6.45) is 0. The molecule has 0 saturated heterocycles. The van der Waals surface area contributed by atoms with Crippen LogP contribution in [0.25, 0.3) is 0 Å². The molecule has 0 aliphatic rings. The van der Waals surface area contributed by atoms with Crippen molar-refractivity contribution in [2.24, 2.45) is 0 Å². The Kier molecular flexibility index (Phi) is 3.31. The van der Waals surface area contributed by atoms with Gasteiger partial charge in [0.2, 0.25) is 0 Å². The van der Waals surface area contributed by atoms with Crippen molar-refractivity contribution >= 4 is 18.3 Å². The van der Waals surface area contributed by atoms with Crippen LogP contribution in [0.15, 0.2) is 24.3 Å². The van der Waals surface area contributed by atoms with Crippen molar-refractivity contribution in [1.29, 1.82) is 0 Å². The minimum atomic E-state index is -0.352. The summed E-state index contributed by atoms with van der Waals surface area (Å²) in [5.41, 5.74) is 0.937. The fourth-order valence-electron chi connectivity index (χ4n) is 1.17. The molecule has 1 aromatic rings. The van der Waals surface area contributed by atoms with E-state index in [0.29, 0.717) is 5.75 Å². The van der Waals surface area contributed by atoms with Crippen molar-refractivity contribution in [3.05, 3.63) is 39.9 Å². The molecule has 0 aromatic heterocycles. The van der Waals surface area contributed by atoms with E-state index in [9.17, 15) is 10.1 Å². The largest absolute Gasteiger partial charge is 0.272 e. The molecule has 70 valence electrons. The van der Waals surface area contributed by atoms with Gasteiger partial charge in [0.05, 0.1) is 4.92 Å². The first-order valence-corrected chi connectivity index (χ1v) is 4.64. The number of nitrogens with zero attached hydrogens (tertiary/aromatic N) is 1. The Morgan fingerprint density at radius 2 is 2.15 bits per heavy atom. The lowest BCUT2D eigenvalue weighted by Crippen LogP contribution is -2.00. The maximum absolute atomic E-state index is 10.6. The van der Waals surface area contributed by atoms with Crippen molar-refractivity contribution in [3.8, 4) is 0 Å². The van der Waals surface area contributed by atoms with E-state index >= 15 is 0 Å². The molecule has 1 aromatic carbocycles. The molecule has 0 aliphatic heterocycles. The second kappa shape index (κ2) is 4.28. The zero-order chi connectivity index (χ0) is 9.84. The topological polar surface area (TPSA) is 43.1 Å². The van der Waals surface area contributed by atoms with Gasteiger partial charge in [-0.3, -0.25) is 10.1 Å². The van der Waals surface area contributed by atoms with Gasteiger partial charge in [-0.15, -0.1) is 0 Å².